The smallest absolute Gasteiger partial charge is 0.272 e. The molecule has 8 nitrogen and oxygen atoms in total. The van der Waals surface area contributed by atoms with Crippen LogP contribution in [0.5, 0.6) is 0 Å². The Labute approximate surface area is 135 Å². The molecule has 1 atom stereocenters. The van der Waals surface area contributed by atoms with E-state index in [4.69, 9.17) is 4.74 Å². The zero-order valence-electron chi connectivity index (χ0n) is 13.0. The van der Waals surface area contributed by atoms with Crippen molar-refractivity contribution < 1.29 is 17.9 Å². The summed E-state index contributed by atoms with van der Waals surface area (Å²) in [6, 6.07) is 1.52. The van der Waals surface area contributed by atoms with Crippen molar-refractivity contribution in [3.63, 3.8) is 0 Å². The fraction of sp³-hybridized carbons (Fsp3) is 0.643. The van der Waals surface area contributed by atoms with Gasteiger partial charge in [0.1, 0.15) is 17.8 Å². The summed E-state index contributed by atoms with van der Waals surface area (Å²) in [6.45, 7) is 2.16. The molecule has 1 aromatic rings. The quantitative estimate of drug-likeness (QED) is 0.737. The number of carbonyl (C=O) groups excluding carboxylic acids is 1. The highest BCUT2D eigenvalue weighted by Gasteiger charge is 2.31. The molecule has 1 aromatic heterocycles. The number of rotatable bonds is 3. The van der Waals surface area contributed by atoms with Gasteiger partial charge >= 0.3 is 0 Å². The molecule has 3 rings (SSSR count). The molecule has 0 radical (unpaired) electrons. The molecule has 0 N–H and O–H groups in total. The second-order valence-electron chi connectivity index (χ2n) is 5.83. The fourth-order valence-electron chi connectivity index (χ4n) is 2.85. The van der Waals surface area contributed by atoms with Crippen LogP contribution in [-0.2, 0) is 14.6 Å². The molecular formula is C14H20N4O4S. The van der Waals surface area contributed by atoms with Crippen molar-refractivity contribution in [2.75, 3.05) is 49.8 Å². The summed E-state index contributed by atoms with van der Waals surface area (Å²) in [5.41, 5.74) is 0.324. The van der Waals surface area contributed by atoms with Crippen LogP contribution in [-0.4, -0.2) is 80.1 Å². The van der Waals surface area contributed by atoms with E-state index in [1.54, 1.807) is 18.0 Å². The van der Waals surface area contributed by atoms with Crippen LogP contribution >= 0.6 is 0 Å². The summed E-state index contributed by atoms with van der Waals surface area (Å²) in [7, 11) is -1.16. The highest BCUT2D eigenvalue weighted by atomic mass is 32.2. The molecule has 0 bridgehead atoms. The summed E-state index contributed by atoms with van der Waals surface area (Å²) in [4.78, 5) is 24.2. The minimum Gasteiger partial charge on any atom is -0.378 e. The predicted octanol–water partition coefficient (Wildman–Crippen LogP) is -0.428. The molecule has 3 heterocycles. The summed E-state index contributed by atoms with van der Waals surface area (Å²) in [5.74, 6) is 0.746. The maximum absolute atomic E-state index is 12.5. The van der Waals surface area contributed by atoms with Crippen LogP contribution in [0.25, 0.3) is 0 Å². The third kappa shape index (κ3) is 3.61. The second-order valence-corrected chi connectivity index (χ2v) is 8.06. The largest absolute Gasteiger partial charge is 0.378 e. The first kappa shape index (κ1) is 16.1. The number of nitrogens with zero attached hydrogens (tertiary/aromatic N) is 4. The Bertz CT molecular complexity index is 688. The number of amides is 1. The minimum absolute atomic E-state index is 0.110. The van der Waals surface area contributed by atoms with Gasteiger partial charge in [-0.2, -0.15) is 0 Å². The summed E-state index contributed by atoms with van der Waals surface area (Å²) in [6.07, 6.45) is 1.93. The van der Waals surface area contributed by atoms with Gasteiger partial charge in [0.15, 0.2) is 9.84 Å². The molecule has 23 heavy (non-hydrogen) atoms. The van der Waals surface area contributed by atoms with Crippen molar-refractivity contribution in [1.29, 1.82) is 0 Å². The molecule has 0 aliphatic carbocycles. The average Bonchev–Trinajstić information content (AvgIpc) is 2.94. The lowest BCUT2D eigenvalue weighted by atomic mass is 10.2. The van der Waals surface area contributed by atoms with Gasteiger partial charge in [0, 0.05) is 32.2 Å². The number of anilines is 1. The number of ether oxygens (including phenoxy) is 1. The summed E-state index contributed by atoms with van der Waals surface area (Å²) >= 11 is 0. The third-order valence-corrected chi connectivity index (χ3v) is 6.04. The maximum atomic E-state index is 12.5. The standard InChI is InChI=1S/C14H20N4O4S/c1-17(11-2-7-23(20,21)9-11)13-8-12(15-10-16-13)14(19)18-3-5-22-6-4-18/h8,10-11H,2-7,9H2,1H3. The Hall–Kier alpha value is -1.74. The zero-order valence-corrected chi connectivity index (χ0v) is 13.8. The molecule has 2 aliphatic rings. The van der Waals surface area contributed by atoms with Gasteiger partial charge in [-0.1, -0.05) is 0 Å². The topological polar surface area (TPSA) is 92.7 Å². The highest BCUT2D eigenvalue weighted by molar-refractivity contribution is 7.91. The predicted molar refractivity (Wildman–Crippen MR) is 84.2 cm³/mol. The minimum atomic E-state index is -2.97. The van der Waals surface area contributed by atoms with Gasteiger partial charge < -0.3 is 14.5 Å². The zero-order chi connectivity index (χ0) is 16.4. The van der Waals surface area contributed by atoms with Crippen molar-refractivity contribution in [3.8, 4) is 0 Å². The van der Waals surface area contributed by atoms with Gasteiger partial charge in [0.25, 0.3) is 5.91 Å². The van der Waals surface area contributed by atoms with Crippen LogP contribution in [0.1, 0.15) is 16.9 Å². The Morgan fingerprint density at radius 3 is 2.74 bits per heavy atom. The number of sulfone groups is 1. The average molecular weight is 340 g/mol. The van der Waals surface area contributed by atoms with Gasteiger partial charge in [-0.05, 0) is 6.42 Å². The van der Waals surface area contributed by atoms with E-state index < -0.39 is 9.84 Å². The Morgan fingerprint density at radius 1 is 1.35 bits per heavy atom. The van der Waals surface area contributed by atoms with Crippen LogP contribution in [0.4, 0.5) is 5.82 Å². The van der Waals surface area contributed by atoms with E-state index in [9.17, 15) is 13.2 Å². The van der Waals surface area contributed by atoms with Crippen molar-refractivity contribution in [2.45, 2.75) is 12.5 Å². The van der Waals surface area contributed by atoms with Crippen molar-refractivity contribution in [1.82, 2.24) is 14.9 Å². The molecule has 0 spiro atoms. The molecule has 1 amide bonds. The Kier molecular flexibility index (Phi) is 4.49. The lowest BCUT2D eigenvalue weighted by Gasteiger charge is -2.27. The Balaban J connectivity index is 1.75. The molecule has 2 fully saturated rings. The van der Waals surface area contributed by atoms with E-state index >= 15 is 0 Å². The maximum Gasteiger partial charge on any atom is 0.272 e. The molecule has 2 aliphatic heterocycles. The third-order valence-electron chi connectivity index (χ3n) is 4.29. The number of hydrogen-bond donors (Lipinski definition) is 0. The lowest BCUT2D eigenvalue weighted by Crippen LogP contribution is -2.41. The van der Waals surface area contributed by atoms with E-state index in [0.29, 0.717) is 44.2 Å². The number of aromatic nitrogens is 2. The monoisotopic (exact) mass is 340 g/mol. The van der Waals surface area contributed by atoms with E-state index in [-0.39, 0.29) is 23.5 Å². The molecule has 2 saturated heterocycles. The van der Waals surface area contributed by atoms with E-state index in [0.717, 1.165) is 0 Å². The van der Waals surface area contributed by atoms with Crippen LogP contribution in [0.2, 0.25) is 0 Å². The van der Waals surface area contributed by atoms with Gasteiger partial charge in [-0.15, -0.1) is 0 Å². The SMILES string of the molecule is CN(c1cc(C(=O)N2CCOCC2)ncn1)C1CCS(=O)(=O)C1. The molecule has 0 saturated carbocycles. The number of hydrogen-bond acceptors (Lipinski definition) is 7. The number of carbonyl (C=O) groups is 1. The van der Waals surface area contributed by atoms with Crippen LogP contribution in [0.15, 0.2) is 12.4 Å². The van der Waals surface area contributed by atoms with Crippen molar-refractivity contribution >= 4 is 21.6 Å². The van der Waals surface area contributed by atoms with Crippen molar-refractivity contribution in [2.24, 2.45) is 0 Å². The summed E-state index contributed by atoms with van der Waals surface area (Å²) in [5, 5.41) is 0. The van der Waals surface area contributed by atoms with Gasteiger partial charge in [0.05, 0.1) is 24.7 Å². The van der Waals surface area contributed by atoms with Crippen LogP contribution < -0.4 is 4.90 Å². The first-order valence-electron chi connectivity index (χ1n) is 7.58. The highest BCUT2D eigenvalue weighted by Crippen LogP contribution is 2.21. The normalized spacial score (nSPS) is 23.7. The van der Waals surface area contributed by atoms with Gasteiger partial charge in [-0.3, -0.25) is 4.79 Å². The van der Waals surface area contributed by atoms with E-state index in [1.165, 1.54) is 6.33 Å². The van der Waals surface area contributed by atoms with Gasteiger partial charge in [-0.25, -0.2) is 18.4 Å². The van der Waals surface area contributed by atoms with Crippen molar-refractivity contribution in [3.05, 3.63) is 18.1 Å². The first-order chi connectivity index (χ1) is 11.0. The molecule has 0 aromatic carbocycles. The first-order valence-corrected chi connectivity index (χ1v) is 9.41. The number of morpholine rings is 1. The van der Waals surface area contributed by atoms with Crippen LogP contribution in [0, 0.1) is 0 Å². The van der Waals surface area contributed by atoms with Crippen LogP contribution in [0.3, 0.4) is 0 Å². The second kappa shape index (κ2) is 6.40. The summed E-state index contributed by atoms with van der Waals surface area (Å²) < 4.78 is 28.5. The molecule has 9 heteroatoms. The lowest BCUT2D eigenvalue weighted by molar-refractivity contribution is 0.0299. The molecular weight excluding hydrogens is 320 g/mol. The molecule has 1 unspecified atom stereocenters. The Morgan fingerprint density at radius 2 is 2.09 bits per heavy atom. The molecule has 126 valence electrons. The van der Waals surface area contributed by atoms with Gasteiger partial charge in [0.2, 0.25) is 0 Å². The fourth-order valence-corrected chi connectivity index (χ4v) is 4.63. The van der Waals surface area contributed by atoms with E-state index in [1.807, 2.05) is 4.90 Å². The van der Waals surface area contributed by atoms with E-state index in [2.05, 4.69) is 9.97 Å².